The second-order valence-electron chi connectivity index (χ2n) is 9.80. The average molecular weight is 601 g/mol. The lowest BCUT2D eigenvalue weighted by Crippen LogP contribution is -2.13. The van der Waals surface area contributed by atoms with E-state index in [1.165, 1.54) is 7.11 Å². The highest BCUT2D eigenvalue weighted by Gasteiger charge is 2.14. The number of carbonyl (C=O) groups excluding carboxylic acids is 3. The van der Waals surface area contributed by atoms with E-state index in [1.54, 1.807) is 45.0 Å². The van der Waals surface area contributed by atoms with Crippen molar-refractivity contribution < 1.29 is 42.8 Å². The average Bonchev–Trinajstić information content (AvgIpc) is 3.01. The van der Waals surface area contributed by atoms with Crippen molar-refractivity contribution in [3.8, 4) is 45.3 Å². The molecule has 3 rings (SSSR count). The number of carbonyl (C=O) groups is 3. The third-order valence-corrected chi connectivity index (χ3v) is 6.05. The number of methoxy groups -OCH3 is 1. The first-order valence-corrected chi connectivity index (χ1v) is 13.7. The van der Waals surface area contributed by atoms with Crippen molar-refractivity contribution in [3.63, 3.8) is 0 Å². The molecule has 3 aromatic carbocycles. The number of hydrogen-bond donors (Lipinski definition) is 0. The first kappa shape index (κ1) is 33.2. The minimum atomic E-state index is -0.532. The molecule has 0 bridgehead atoms. The van der Waals surface area contributed by atoms with Crippen LogP contribution >= 0.6 is 0 Å². The Kier molecular flexibility index (Phi) is 11.9. The van der Waals surface area contributed by atoms with E-state index in [-0.39, 0.29) is 32.0 Å². The molecule has 0 saturated carbocycles. The van der Waals surface area contributed by atoms with Crippen LogP contribution in [0.1, 0.15) is 20.8 Å². The summed E-state index contributed by atoms with van der Waals surface area (Å²) in [5.74, 6) is 0.207. The predicted octanol–water partition coefficient (Wildman–Crippen LogP) is 6.51. The van der Waals surface area contributed by atoms with Crippen LogP contribution in [0.15, 0.2) is 97.1 Å². The SMILES string of the molecule is C=C(C)C(=O)OCCOc1ccc(-c2ccc(-c3ccc(OC(=O)C(=C)C)c(OC)c3)cc2)c(OCCOC(=O)C(=C)C)c1. The highest BCUT2D eigenvalue weighted by atomic mass is 16.6. The summed E-state index contributed by atoms with van der Waals surface area (Å²) in [4.78, 5) is 35.3. The van der Waals surface area contributed by atoms with Crippen LogP contribution in [-0.2, 0) is 23.9 Å². The van der Waals surface area contributed by atoms with Gasteiger partial charge in [-0.05, 0) is 61.7 Å². The summed E-state index contributed by atoms with van der Waals surface area (Å²) in [6.45, 7) is 15.8. The van der Waals surface area contributed by atoms with E-state index in [0.29, 0.717) is 34.1 Å². The van der Waals surface area contributed by atoms with Gasteiger partial charge in [0.25, 0.3) is 0 Å². The van der Waals surface area contributed by atoms with Crippen molar-refractivity contribution in [1.29, 1.82) is 0 Å². The van der Waals surface area contributed by atoms with E-state index in [9.17, 15) is 14.4 Å². The summed E-state index contributed by atoms with van der Waals surface area (Å²) < 4.78 is 32.8. The molecule has 0 aliphatic heterocycles. The Morgan fingerprint density at radius 3 is 1.68 bits per heavy atom. The smallest absolute Gasteiger partial charge is 0.338 e. The van der Waals surface area contributed by atoms with Crippen LogP contribution in [0.3, 0.4) is 0 Å². The Balaban J connectivity index is 1.80. The van der Waals surface area contributed by atoms with Gasteiger partial charge in [0.2, 0.25) is 0 Å². The van der Waals surface area contributed by atoms with Crippen molar-refractivity contribution >= 4 is 17.9 Å². The van der Waals surface area contributed by atoms with Crippen LogP contribution in [0.2, 0.25) is 0 Å². The van der Waals surface area contributed by atoms with Crippen LogP contribution in [0.25, 0.3) is 22.3 Å². The molecule has 0 radical (unpaired) electrons. The van der Waals surface area contributed by atoms with Crippen LogP contribution in [0.5, 0.6) is 23.0 Å². The summed E-state index contributed by atoms with van der Waals surface area (Å²) >= 11 is 0. The summed E-state index contributed by atoms with van der Waals surface area (Å²) in [7, 11) is 1.50. The lowest BCUT2D eigenvalue weighted by molar-refractivity contribution is -0.140. The highest BCUT2D eigenvalue weighted by Crippen LogP contribution is 2.37. The summed E-state index contributed by atoms with van der Waals surface area (Å²) in [6.07, 6.45) is 0. The second kappa shape index (κ2) is 15.8. The van der Waals surface area contributed by atoms with E-state index in [1.807, 2.05) is 36.4 Å². The van der Waals surface area contributed by atoms with Crippen molar-refractivity contribution in [3.05, 3.63) is 97.1 Å². The van der Waals surface area contributed by atoms with Crippen LogP contribution in [0, 0.1) is 0 Å². The number of ether oxygens (including phenoxy) is 6. The summed E-state index contributed by atoms with van der Waals surface area (Å²) in [6, 6.07) is 18.4. The minimum absolute atomic E-state index is 0.0333. The van der Waals surface area contributed by atoms with E-state index in [4.69, 9.17) is 28.4 Å². The molecule has 0 aliphatic carbocycles. The normalized spacial score (nSPS) is 10.3. The van der Waals surface area contributed by atoms with Gasteiger partial charge in [-0.15, -0.1) is 0 Å². The Hall–Kier alpha value is -5.31. The summed E-state index contributed by atoms with van der Waals surface area (Å²) in [5, 5.41) is 0. The fourth-order valence-electron chi connectivity index (χ4n) is 3.74. The van der Waals surface area contributed by atoms with E-state index in [2.05, 4.69) is 19.7 Å². The Morgan fingerprint density at radius 2 is 1.11 bits per heavy atom. The van der Waals surface area contributed by atoms with Gasteiger partial charge in [-0.25, -0.2) is 14.4 Å². The van der Waals surface area contributed by atoms with Gasteiger partial charge in [-0.1, -0.05) is 50.1 Å². The highest BCUT2D eigenvalue weighted by molar-refractivity contribution is 5.89. The zero-order chi connectivity index (χ0) is 32.2. The Morgan fingerprint density at radius 1 is 0.568 bits per heavy atom. The number of esters is 3. The molecule has 230 valence electrons. The third kappa shape index (κ3) is 9.35. The van der Waals surface area contributed by atoms with Crippen molar-refractivity contribution in [1.82, 2.24) is 0 Å². The molecule has 3 aromatic rings. The van der Waals surface area contributed by atoms with Crippen LogP contribution < -0.4 is 18.9 Å². The summed E-state index contributed by atoms with van der Waals surface area (Å²) in [5.41, 5.74) is 4.30. The van der Waals surface area contributed by atoms with Crippen molar-refractivity contribution in [2.24, 2.45) is 0 Å². The van der Waals surface area contributed by atoms with E-state index in [0.717, 1.165) is 22.3 Å². The van der Waals surface area contributed by atoms with Crippen molar-refractivity contribution in [2.45, 2.75) is 20.8 Å². The molecule has 0 saturated heterocycles. The molecule has 0 heterocycles. The fourth-order valence-corrected chi connectivity index (χ4v) is 3.74. The van der Waals surface area contributed by atoms with Gasteiger partial charge in [-0.2, -0.15) is 0 Å². The molecule has 44 heavy (non-hydrogen) atoms. The molecule has 0 spiro atoms. The zero-order valence-corrected chi connectivity index (χ0v) is 25.4. The van der Waals surface area contributed by atoms with Gasteiger partial charge in [0.1, 0.15) is 37.9 Å². The van der Waals surface area contributed by atoms with Gasteiger partial charge >= 0.3 is 17.9 Å². The molecule has 9 heteroatoms. The van der Waals surface area contributed by atoms with Gasteiger partial charge in [0, 0.05) is 28.3 Å². The first-order chi connectivity index (χ1) is 21.0. The standard InChI is InChI=1S/C35H36O9/c1-22(2)33(36)42-18-16-40-28-13-14-29(31(21-28)41-17-19-43-34(37)23(3)4)26-10-8-25(9-11-26)27-12-15-30(32(20-27)39-7)44-35(38)24(5)6/h8-15,20-21H,1,3,5,16-19H2,2,4,6-7H3. The lowest BCUT2D eigenvalue weighted by atomic mass is 9.99. The van der Waals surface area contributed by atoms with Gasteiger partial charge in [0.05, 0.1) is 7.11 Å². The zero-order valence-electron chi connectivity index (χ0n) is 25.4. The Bertz CT molecular complexity index is 1550. The lowest BCUT2D eigenvalue weighted by Gasteiger charge is -2.15. The molecular weight excluding hydrogens is 564 g/mol. The Labute approximate surface area is 257 Å². The predicted molar refractivity (Wildman–Crippen MR) is 167 cm³/mol. The number of benzene rings is 3. The number of rotatable bonds is 15. The maximum Gasteiger partial charge on any atom is 0.338 e. The molecule has 0 N–H and O–H groups in total. The molecule has 9 nitrogen and oxygen atoms in total. The minimum Gasteiger partial charge on any atom is -0.493 e. The third-order valence-electron chi connectivity index (χ3n) is 6.05. The largest absolute Gasteiger partial charge is 0.493 e. The van der Waals surface area contributed by atoms with Gasteiger partial charge < -0.3 is 28.4 Å². The second-order valence-corrected chi connectivity index (χ2v) is 9.80. The number of hydrogen-bond acceptors (Lipinski definition) is 9. The van der Waals surface area contributed by atoms with Gasteiger partial charge in [-0.3, -0.25) is 0 Å². The van der Waals surface area contributed by atoms with Crippen molar-refractivity contribution in [2.75, 3.05) is 33.5 Å². The van der Waals surface area contributed by atoms with Crippen LogP contribution in [-0.4, -0.2) is 51.4 Å². The molecule has 0 aromatic heterocycles. The molecule has 0 unspecified atom stereocenters. The molecule has 0 aliphatic rings. The fraction of sp³-hybridized carbons (Fsp3) is 0.229. The molecule has 0 atom stereocenters. The van der Waals surface area contributed by atoms with Gasteiger partial charge in [0.15, 0.2) is 11.5 Å². The monoisotopic (exact) mass is 600 g/mol. The van der Waals surface area contributed by atoms with E-state index < -0.39 is 17.9 Å². The first-order valence-electron chi connectivity index (χ1n) is 13.7. The molecular formula is C35H36O9. The van der Waals surface area contributed by atoms with Crippen LogP contribution in [0.4, 0.5) is 0 Å². The van der Waals surface area contributed by atoms with E-state index >= 15 is 0 Å². The quantitative estimate of drug-likeness (QED) is 0.0835. The molecule has 0 fully saturated rings. The maximum absolute atomic E-state index is 12.0. The molecule has 0 amide bonds. The maximum atomic E-state index is 12.0. The topological polar surface area (TPSA) is 107 Å².